The van der Waals surface area contributed by atoms with E-state index in [4.69, 9.17) is 4.42 Å². The van der Waals surface area contributed by atoms with Crippen LogP contribution in [0.4, 0.5) is 10.1 Å². The molecule has 0 atom stereocenters. The average Bonchev–Trinajstić information content (AvgIpc) is 2.99. The lowest BCUT2D eigenvalue weighted by Crippen LogP contribution is -1.81. The Bertz CT molecular complexity index is 864. The molecule has 0 bridgehead atoms. The Kier molecular flexibility index (Phi) is 3.98. The third-order valence-electron chi connectivity index (χ3n) is 3.68. The van der Waals surface area contributed by atoms with Crippen LogP contribution in [0.1, 0.15) is 16.9 Å². The molecule has 116 valence electrons. The second kappa shape index (κ2) is 6.08. The summed E-state index contributed by atoms with van der Waals surface area (Å²) in [5.41, 5.74) is 3.35. The Balaban J connectivity index is 1.84. The molecule has 1 heterocycles. The van der Waals surface area contributed by atoms with Crippen LogP contribution < -0.4 is 0 Å². The van der Waals surface area contributed by atoms with Crippen LogP contribution in [0.5, 0.6) is 5.75 Å². The van der Waals surface area contributed by atoms with Crippen LogP contribution >= 0.6 is 0 Å². The van der Waals surface area contributed by atoms with Crippen molar-refractivity contribution >= 4 is 11.9 Å². The van der Waals surface area contributed by atoms with E-state index in [9.17, 15) is 9.50 Å². The van der Waals surface area contributed by atoms with Gasteiger partial charge >= 0.3 is 0 Å². The van der Waals surface area contributed by atoms with Gasteiger partial charge in [-0.15, -0.1) is 0 Å². The fraction of sp³-hybridized carbons (Fsp3) is 0.105. The summed E-state index contributed by atoms with van der Waals surface area (Å²) in [6.07, 6.45) is 1.55. The van der Waals surface area contributed by atoms with Gasteiger partial charge in [-0.2, -0.15) is 0 Å². The highest BCUT2D eigenvalue weighted by Gasteiger charge is 2.05. The maximum absolute atomic E-state index is 12.9. The molecule has 0 spiro atoms. The van der Waals surface area contributed by atoms with Gasteiger partial charge < -0.3 is 9.52 Å². The van der Waals surface area contributed by atoms with Crippen LogP contribution in [0.15, 0.2) is 57.9 Å². The lowest BCUT2D eigenvalue weighted by atomic mass is 10.1. The summed E-state index contributed by atoms with van der Waals surface area (Å²) in [4.78, 5) is 4.27. The number of phenols is 1. The monoisotopic (exact) mass is 309 g/mol. The zero-order valence-corrected chi connectivity index (χ0v) is 12.9. The van der Waals surface area contributed by atoms with Crippen LogP contribution in [-0.2, 0) is 0 Å². The standard InChI is InChI=1S/C19H16FNO2/c1-12-9-17(18(22)10-13(12)2)21-11-16-7-8-19(23-16)14-3-5-15(20)6-4-14/h3-11,22H,1-2H3. The predicted molar refractivity (Wildman–Crippen MR) is 88.9 cm³/mol. The number of furan rings is 1. The van der Waals surface area contributed by atoms with Gasteiger partial charge in [0.25, 0.3) is 0 Å². The van der Waals surface area contributed by atoms with Crippen LogP contribution in [0.25, 0.3) is 11.3 Å². The van der Waals surface area contributed by atoms with E-state index >= 15 is 0 Å². The Morgan fingerprint density at radius 3 is 2.43 bits per heavy atom. The number of benzene rings is 2. The molecule has 1 N–H and O–H groups in total. The van der Waals surface area contributed by atoms with E-state index in [1.54, 1.807) is 36.5 Å². The van der Waals surface area contributed by atoms with Crippen molar-refractivity contribution in [1.82, 2.24) is 0 Å². The highest BCUT2D eigenvalue weighted by Crippen LogP contribution is 2.29. The largest absolute Gasteiger partial charge is 0.506 e. The number of nitrogens with zero attached hydrogens (tertiary/aromatic N) is 1. The molecular formula is C19H16FNO2. The first-order valence-corrected chi connectivity index (χ1v) is 7.23. The molecular weight excluding hydrogens is 293 g/mol. The van der Waals surface area contributed by atoms with Crippen LogP contribution in [0, 0.1) is 19.7 Å². The molecule has 3 nitrogen and oxygen atoms in total. The first kappa shape index (κ1) is 15.0. The number of hydrogen-bond acceptors (Lipinski definition) is 3. The van der Waals surface area contributed by atoms with Gasteiger partial charge in [-0.1, -0.05) is 0 Å². The summed E-state index contributed by atoms with van der Waals surface area (Å²) in [5, 5.41) is 9.92. The number of hydrogen-bond donors (Lipinski definition) is 1. The molecule has 0 amide bonds. The van der Waals surface area contributed by atoms with Gasteiger partial charge in [0, 0.05) is 5.56 Å². The smallest absolute Gasteiger partial charge is 0.145 e. The van der Waals surface area contributed by atoms with Crippen molar-refractivity contribution in [3.63, 3.8) is 0 Å². The van der Waals surface area contributed by atoms with Crippen molar-refractivity contribution in [3.8, 4) is 17.1 Å². The zero-order valence-electron chi connectivity index (χ0n) is 12.9. The van der Waals surface area contributed by atoms with E-state index in [1.165, 1.54) is 12.1 Å². The van der Waals surface area contributed by atoms with E-state index in [0.717, 1.165) is 16.7 Å². The number of aryl methyl sites for hydroxylation is 2. The minimum absolute atomic E-state index is 0.134. The number of rotatable bonds is 3. The summed E-state index contributed by atoms with van der Waals surface area (Å²) in [7, 11) is 0. The fourth-order valence-corrected chi connectivity index (χ4v) is 2.21. The van der Waals surface area contributed by atoms with Crippen molar-refractivity contribution in [1.29, 1.82) is 0 Å². The second-order valence-corrected chi connectivity index (χ2v) is 5.39. The van der Waals surface area contributed by atoms with Gasteiger partial charge in [0.05, 0.1) is 6.21 Å². The lowest BCUT2D eigenvalue weighted by molar-refractivity contribution is 0.476. The van der Waals surface area contributed by atoms with Gasteiger partial charge in [0.15, 0.2) is 0 Å². The van der Waals surface area contributed by atoms with Crippen molar-refractivity contribution in [3.05, 3.63) is 71.2 Å². The number of halogens is 1. The quantitative estimate of drug-likeness (QED) is 0.679. The minimum Gasteiger partial charge on any atom is -0.506 e. The van der Waals surface area contributed by atoms with E-state index in [1.807, 2.05) is 19.9 Å². The predicted octanol–water partition coefficient (Wildman–Crippen LogP) is 5.16. The summed E-state index contributed by atoms with van der Waals surface area (Å²) in [6.45, 7) is 3.90. The van der Waals surface area contributed by atoms with Crippen molar-refractivity contribution in [2.24, 2.45) is 4.99 Å². The molecule has 23 heavy (non-hydrogen) atoms. The van der Waals surface area contributed by atoms with E-state index < -0.39 is 0 Å². The molecule has 2 aromatic carbocycles. The normalized spacial score (nSPS) is 11.3. The molecule has 0 aliphatic carbocycles. The molecule has 0 unspecified atom stereocenters. The topological polar surface area (TPSA) is 45.7 Å². The number of phenolic OH excluding ortho intramolecular Hbond substituents is 1. The van der Waals surface area contributed by atoms with Crippen LogP contribution in [-0.4, -0.2) is 11.3 Å². The van der Waals surface area contributed by atoms with E-state index in [-0.39, 0.29) is 11.6 Å². The fourth-order valence-electron chi connectivity index (χ4n) is 2.21. The first-order chi connectivity index (χ1) is 11.0. The molecule has 0 radical (unpaired) electrons. The first-order valence-electron chi connectivity index (χ1n) is 7.23. The summed E-state index contributed by atoms with van der Waals surface area (Å²) in [6, 6.07) is 13.2. The summed E-state index contributed by atoms with van der Waals surface area (Å²) < 4.78 is 18.6. The molecule has 3 rings (SSSR count). The van der Waals surface area contributed by atoms with Crippen molar-refractivity contribution < 1.29 is 13.9 Å². The molecule has 0 saturated carbocycles. The van der Waals surface area contributed by atoms with Gasteiger partial charge in [-0.25, -0.2) is 9.38 Å². The average molecular weight is 309 g/mol. The molecule has 4 heteroatoms. The summed E-state index contributed by atoms with van der Waals surface area (Å²) in [5.74, 6) is 1.04. The molecule has 0 aliphatic rings. The number of aromatic hydroxyl groups is 1. The molecule has 0 aliphatic heterocycles. The van der Waals surface area contributed by atoms with Crippen LogP contribution in [0.3, 0.4) is 0 Å². The van der Waals surface area contributed by atoms with Gasteiger partial charge in [-0.05, 0) is 73.5 Å². The number of aliphatic imine (C=N–C) groups is 1. The highest BCUT2D eigenvalue weighted by molar-refractivity contribution is 5.81. The van der Waals surface area contributed by atoms with Gasteiger partial charge in [0.1, 0.15) is 28.8 Å². The van der Waals surface area contributed by atoms with E-state index in [2.05, 4.69) is 4.99 Å². The molecule has 1 aromatic heterocycles. The molecule has 0 fully saturated rings. The second-order valence-electron chi connectivity index (χ2n) is 5.39. The minimum atomic E-state index is -0.285. The Hall–Kier alpha value is -2.88. The van der Waals surface area contributed by atoms with Crippen LogP contribution in [0.2, 0.25) is 0 Å². The third-order valence-corrected chi connectivity index (χ3v) is 3.68. The Morgan fingerprint density at radius 2 is 1.70 bits per heavy atom. The molecule has 0 saturated heterocycles. The maximum atomic E-state index is 12.9. The summed E-state index contributed by atoms with van der Waals surface area (Å²) >= 11 is 0. The van der Waals surface area contributed by atoms with Crippen molar-refractivity contribution in [2.45, 2.75) is 13.8 Å². The molecule has 3 aromatic rings. The highest BCUT2D eigenvalue weighted by atomic mass is 19.1. The Morgan fingerprint density at radius 1 is 1.00 bits per heavy atom. The maximum Gasteiger partial charge on any atom is 0.145 e. The zero-order chi connectivity index (χ0) is 16.4. The lowest BCUT2D eigenvalue weighted by Gasteiger charge is -2.03. The third kappa shape index (κ3) is 3.31. The van der Waals surface area contributed by atoms with Gasteiger partial charge in [0.2, 0.25) is 0 Å². The Labute approximate surface area is 133 Å². The van der Waals surface area contributed by atoms with E-state index in [0.29, 0.717) is 17.2 Å². The SMILES string of the molecule is Cc1cc(O)c(N=Cc2ccc(-c3ccc(F)cc3)o2)cc1C. The van der Waals surface area contributed by atoms with Gasteiger partial charge in [-0.3, -0.25) is 0 Å². The van der Waals surface area contributed by atoms with Crippen molar-refractivity contribution in [2.75, 3.05) is 0 Å².